The number of hydrogen-bond donors (Lipinski definition) is 1. The van der Waals surface area contributed by atoms with Crippen LogP contribution in [-0.2, 0) is 9.59 Å². The second-order valence-corrected chi connectivity index (χ2v) is 4.45. The van der Waals surface area contributed by atoms with E-state index >= 15 is 0 Å². The van der Waals surface area contributed by atoms with Crippen molar-refractivity contribution < 1.29 is 9.59 Å². The number of hydrogen-bond acceptors (Lipinski definition) is 3. The Bertz CT molecular complexity index is 249. The van der Waals surface area contributed by atoms with E-state index in [2.05, 4.69) is 5.32 Å². The fourth-order valence-electron chi connectivity index (χ4n) is 1.66. The summed E-state index contributed by atoms with van der Waals surface area (Å²) in [5.41, 5.74) is 0. The van der Waals surface area contributed by atoms with Crippen LogP contribution in [0.3, 0.4) is 0 Å². The average molecular weight is 212 g/mol. The van der Waals surface area contributed by atoms with Gasteiger partial charge in [-0.05, 0) is 19.9 Å². The molecule has 0 heterocycles. The number of carbonyl (C=O) groups excluding carboxylic acids is 2. The average Bonchev–Trinajstić information content (AvgIpc) is 2.99. The summed E-state index contributed by atoms with van der Waals surface area (Å²) in [5.74, 6) is 0.595. The van der Waals surface area contributed by atoms with E-state index in [1.807, 2.05) is 18.9 Å². The zero-order valence-electron chi connectivity index (χ0n) is 9.75. The molecular formula is C11H20N2O2. The fraction of sp³-hybridized carbons (Fsp3) is 0.818. The molecule has 1 saturated carbocycles. The summed E-state index contributed by atoms with van der Waals surface area (Å²) in [6.07, 6.45) is 2.11. The van der Waals surface area contributed by atoms with E-state index in [-0.39, 0.29) is 11.8 Å². The SMILES string of the molecule is CNC(=O)C(C)CN(C)CC(=O)C1CC1. The van der Waals surface area contributed by atoms with E-state index in [9.17, 15) is 9.59 Å². The minimum atomic E-state index is -0.0630. The highest BCUT2D eigenvalue weighted by Gasteiger charge is 2.30. The first-order valence-electron chi connectivity index (χ1n) is 5.47. The number of carbonyl (C=O) groups is 2. The van der Waals surface area contributed by atoms with Crippen molar-refractivity contribution in [2.45, 2.75) is 19.8 Å². The first kappa shape index (κ1) is 12.2. The molecule has 0 radical (unpaired) electrons. The predicted octanol–water partition coefficient (Wildman–Crippen LogP) is 0.279. The van der Waals surface area contributed by atoms with Gasteiger partial charge >= 0.3 is 0 Å². The first-order chi connectivity index (χ1) is 7.04. The van der Waals surface area contributed by atoms with Crippen molar-refractivity contribution in [3.63, 3.8) is 0 Å². The Hall–Kier alpha value is -0.900. The van der Waals surface area contributed by atoms with Gasteiger partial charge in [0.15, 0.2) is 0 Å². The van der Waals surface area contributed by atoms with Gasteiger partial charge in [-0.25, -0.2) is 0 Å². The van der Waals surface area contributed by atoms with Crippen LogP contribution in [0.15, 0.2) is 0 Å². The maximum Gasteiger partial charge on any atom is 0.223 e. The van der Waals surface area contributed by atoms with Crippen molar-refractivity contribution in [2.75, 3.05) is 27.2 Å². The van der Waals surface area contributed by atoms with Gasteiger partial charge in [0.05, 0.1) is 6.54 Å². The summed E-state index contributed by atoms with van der Waals surface area (Å²) in [6.45, 7) is 2.99. The minimum absolute atomic E-state index is 0.0284. The molecule has 15 heavy (non-hydrogen) atoms. The highest BCUT2D eigenvalue weighted by molar-refractivity contribution is 5.85. The molecule has 0 aromatic carbocycles. The maximum atomic E-state index is 11.5. The Labute approximate surface area is 91.0 Å². The first-order valence-corrected chi connectivity index (χ1v) is 5.47. The standard InChI is InChI=1S/C11H20N2O2/c1-8(11(15)12-2)6-13(3)7-10(14)9-4-5-9/h8-9H,4-7H2,1-3H3,(H,12,15). The molecule has 1 rings (SSSR count). The molecule has 0 saturated heterocycles. The van der Waals surface area contributed by atoms with Crippen LogP contribution in [0.2, 0.25) is 0 Å². The quantitative estimate of drug-likeness (QED) is 0.688. The van der Waals surface area contributed by atoms with Crippen molar-refractivity contribution in [3.05, 3.63) is 0 Å². The molecule has 1 atom stereocenters. The zero-order valence-corrected chi connectivity index (χ0v) is 9.75. The van der Waals surface area contributed by atoms with Gasteiger partial charge in [-0.3, -0.25) is 14.5 Å². The molecule has 1 aliphatic carbocycles. The van der Waals surface area contributed by atoms with Crippen LogP contribution in [0.1, 0.15) is 19.8 Å². The lowest BCUT2D eigenvalue weighted by atomic mass is 10.1. The monoisotopic (exact) mass is 212 g/mol. The van der Waals surface area contributed by atoms with Gasteiger partial charge in [0, 0.05) is 25.4 Å². The Morgan fingerprint density at radius 3 is 2.53 bits per heavy atom. The number of rotatable bonds is 6. The summed E-state index contributed by atoms with van der Waals surface area (Å²) < 4.78 is 0. The lowest BCUT2D eigenvalue weighted by Crippen LogP contribution is -2.36. The molecule has 0 spiro atoms. The van der Waals surface area contributed by atoms with Crippen LogP contribution in [-0.4, -0.2) is 43.8 Å². The third kappa shape index (κ3) is 4.00. The highest BCUT2D eigenvalue weighted by atomic mass is 16.2. The molecule has 1 fully saturated rings. The largest absolute Gasteiger partial charge is 0.359 e. The summed E-state index contributed by atoms with van der Waals surface area (Å²) in [6, 6.07) is 0. The normalized spacial score (nSPS) is 17.6. The van der Waals surface area contributed by atoms with Gasteiger partial charge in [0.2, 0.25) is 5.91 Å². The summed E-state index contributed by atoms with van der Waals surface area (Å²) in [5, 5.41) is 2.61. The van der Waals surface area contributed by atoms with Gasteiger partial charge in [-0.2, -0.15) is 0 Å². The summed E-state index contributed by atoms with van der Waals surface area (Å²) in [4.78, 5) is 24.7. The molecule has 0 aromatic heterocycles. The van der Waals surface area contributed by atoms with E-state index in [1.165, 1.54) is 0 Å². The Kier molecular flexibility index (Phi) is 4.27. The number of likely N-dealkylation sites (N-methyl/N-ethyl adjacent to an activating group) is 1. The Morgan fingerprint density at radius 2 is 2.07 bits per heavy atom. The topological polar surface area (TPSA) is 49.4 Å². The molecule has 0 aromatic rings. The van der Waals surface area contributed by atoms with Crippen molar-refractivity contribution in [1.82, 2.24) is 10.2 Å². The van der Waals surface area contributed by atoms with E-state index in [0.29, 0.717) is 24.8 Å². The second-order valence-electron chi connectivity index (χ2n) is 4.45. The summed E-state index contributed by atoms with van der Waals surface area (Å²) in [7, 11) is 3.52. The fourth-order valence-corrected chi connectivity index (χ4v) is 1.66. The van der Waals surface area contributed by atoms with E-state index < -0.39 is 0 Å². The van der Waals surface area contributed by atoms with Crippen LogP contribution in [0.25, 0.3) is 0 Å². The lowest BCUT2D eigenvalue weighted by molar-refractivity contribution is -0.126. The Morgan fingerprint density at radius 1 is 1.47 bits per heavy atom. The van der Waals surface area contributed by atoms with Crippen LogP contribution in [0.4, 0.5) is 0 Å². The molecule has 0 aliphatic heterocycles. The van der Waals surface area contributed by atoms with Crippen LogP contribution in [0.5, 0.6) is 0 Å². The van der Waals surface area contributed by atoms with Crippen molar-refractivity contribution in [3.8, 4) is 0 Å². The van der Waals surface area contributed by atoms with Crippen molar-refractivity contribution >= 4 is 11.7 Å². The van der Waals surface area contributed by atoms with Gasteiger partial charge in [0.1, 0.15) is 5.78 Å². The van der Waals surface area contributed by atoms with Crippen molar-refractivity contribution in [1.29, 1.82) is 0 Å². The van der Waals surface area contributed by atoms with Crippen LogP contribution < -0.4 is 5.32 Å². The predicted molar refractivity (Wildman–Crippen MR) is 58.5 cm³/mol. The van der Waals surface area contributed by atoms with Crippen LogP contribution in [0, 0.1) is 11.8 Å². The molecular weight excluding hydrogens is 192 g/mol. The van der Waals surface area contributed by atoms with E-state index in [0.717, 1.165) is 12.8 Å². The second kappa shape index (κ2) is 5.26. The van der Waals surface area contributed by atoms with Crippen molar-refractivity contribution in [2.24, 2.45) is 11.8 Å². The van der Waals surface area contributed by atoms with E-state index in [4.69, 9.17) is 0 Å². The number of ketones is 1. The molecule has 86 valence electrons. The molecule has 4 heteroatoms. The van der Waals surface area contributed by atoms with Crippen LogP contribution >= 0.6 is 0 Å². The molecule has 0 bridgehead atoms. The van der Waals surface area contributed by atoms with Gasteiger partial charge in [-0.15, -0.1) is 0 Å². The Balaban J connectivity index is 2.24. The smallest absolute Gasteiger partial charge is 0.223 e. The molecule has 4 nitrogen and oxygen atoms in total. The number of nitrogens with zero attached hydrogens (tertiary/aromatic N) is 1. The zero-order chi connectivity index (χ0) is 11.4. The van der Waals surface area contributed by atoms with E-state index in [1.54, 1.807) is 7.05 Å². The molecule has 1 aliphatic rings. The highest BCUT2D eigenvalue weighted by Crippen LogP contribution is 2.29. The maximum absolute atomic E-state index is 11.5. The van der Waals surface area contributed by atoms with Gasteiger partial charge in [-0.1, -0.05) is 6.92 Å². The van der Waals surface area contributed by atoms with Gasteiger partial charge < -0.3 is 5.32 Å². The third-order valence-corrected chi connectivity index (χ3v) is 2.74. The molecule has 1 unspecified atom stereocenters. The van der Waals surface area contributed by atoms with Gasteiger partial charge in [0.25, 0.3) is 0 Å². The number of amides is 1. The number of Topliss-reactive ketones (excluding diaryl/α,β-unsaturated/α-hetero) is 1. The minimum Gasteiger partial charge on any atom is -0.359 e. The summed E-state index contributed by atoms with van der Waals surface area (Å²) >= 11 is 0. The molecule has 1 amide bonds. The third-order valence-electron chi connectivity index (χ3n) is 2.74. The lowest BCUT2D eigenvalue weighted by Gasteiger charge is -2.19. The number of nitrogens with one attached hydrogen (secondary N) is 1. The molecule has 1 N–H and O–H groups in total.